The SMILES string of the molecule is Cc1ccc(-c2csc(NC(=O)CCSc3nc(C)c(C)c(C)c3C#N)n2)cc1. The van der Waals surface area contributed by atoms with Crippen LogP contribution in [0.1, 0.15) is 34.4 Å². The van der Waals surface area contributed by atoms with Gasteiger partial charge in [-0.05, 0) is 38.8 Å². The number of rotatable bonds is 6. The van der Waals surface area contributed by atoms with E-state index in [1.807, 2.05) is 57.3 Å². The van der Waals surface area contributed by atoms with E-state index in [0.717, 1.165) is 28.1 Å². The lowest BCUT2D eigenvalue weighted by atomic mass is 10.1. The highest BCUT2D eigenvalue weighted by atomic mass is 32.2. The van der Waals surface area contributed by atoms with E-state index in [0.29, 0.717) is 27.9 Å². The van der Waals surface area contributed by atoms with E-state index in [4.69, 9.17) is 0 Å². The number of carbonyl (C=O) groups excluding carboxylic acids is 1. The van der Waals surface area contributed by atoms with E-state index in [2.05, 4.69) is 21.4 Å². The van der Waals surface area contributed by atoms with Gasteiger partial charge in [0.15, 0.2) is 5.13 Å². The maximum absolute atomic E-state index is 12.3. The highest BCUT2D eigenvalue weighted by Gasteiger charge is 2.14. The predicted molar refractivity (Wildman–Crippen MR) is 119 cm³/mol. The van der Waals surface area contributed by atoms with E-state index in [9.17, 15) is 10.1 Å². The fourth-order valence-electron chi connectivity index (χ4n) is 2.76. The number of benzene rings is 1. The molecule has 0 aliphatic heterocycles. The molecule has 0 atom stereocenters. The molecule has 1 amide bonds. The number of carbonyl (C=O) groups is 1. The molecule has 0 radical (unpaired) electrons. The van der Waals surface area contributed by atoms with Crippen LogP contribution in [0.25, 0.3) is 11.3 Å². The van der Waals surface area contributed by atoms with Gasteiger partial charge in [0.1, 0.15) is 11.1 Å². The predicted octanol–water partition coefficient (Wildman–Crippen LogP) is 5.43. The number of nitriles is 1. The van der Waals surface area contributed by atoms with Crippen LogP contribution in [0.15, 0.2) is 34.7 Å². The third-order valence-corrected chi connectivity index (χ3v) is 6.48. The van der Waals surface area contributed by atoms with Gasteiger partial charge in [-0.2, -0.15) is 5.26 Å². The summed E-state index contributed by atoms with van der Waals surface area (Å²) in [6.07, 6.45) is 0.322. The second kappa shape index (κ2) is 9.21. The van der Waals surface area contributed by atoms with Crippen LogP contribution in [0.3, 0.4) is 0 Å². The van der Waals surface area contributed by atoms with Crippen LogP contribution in [0, 0.1) is 39.0 Å². The number of aromatic nitrogens is 2. The summed E-state index contributed by atoms with van der Waals surface area (Å²) in [5.41, 5.74) is 6.59. The van der Waals surface area contributed by atoms with Gasteiger partial charge in [-0.25, -0.2) is 9.97 Å². The summed E-state index contributed by atoms with van der Waals surface area (Å²) in [7, 11) is 0. The monoisotopic (exact) mass is 422 g/mol. The number of anilines is 1. The van der Waals surface area contributed by atoms with Crippen LogP contribution in [0.5, 0.6) is 0 Å². The molecule has 1 N–H and O–H groups in total. The van der Waals surface area contributed by atoms with Gasteiger partial charge in [0.05, 0.1) is 11.3 Å². The molecule has 2 heterocycles. The molecule has 0 bridgehead atoms. The lowest BCUT2D eigenvalue weighted by Gasteiger charge is -2.10. The minimum absolute atomic E-state index is 0.0960. The number of nitrogens with zero attached hydrogens (tertiary/aromatic N) is 3. The number of hydrogen-bond acceptors (Lipinski definition) is 6. The maximum Gasteiger partial charge on any atom is 0.226 e. The van der Waals surface area contributed by atoms with E-state index in [1.54, 1.807) is 0 Å². The number of amides is 1. The molecule has 0 saturated carbocycles. The van der Waals surface area contributed by atoms with E-state index >= 15 is 0 Å². The summed E-state index contributed by atoms with van der Waals surface area (Å²) in [4.78, 5) is 21.3. The zero-order valence-electron chi connectivity index (χ0n) is 16.9. The van der Waals surface area contributed by atoms with Crippen molar-refractivity contribution in [1.29, 1.82) is 5.26 Å². The summed E-state index contributed by atoms with van der Waals surface area (Å²) < 4.78 is 0. The zero-order chi connectivity index (χ0) is 21.0. The lowest BCUT2D eigenvalue weighted by molar-refractivity contribution is -0.115. The highest BCUT2D eigenvalue weighted by Crippen LogP contribution is 2.28. The van der Waals surface area contributed by atoms with Crippen LogP contribution < -0.4 is 5.32 Å². The molecule has 0 saturated heterocycles. The molecular formula is C22H22N4OS2. The Morgan fingerprint density at radius 3 is 2.55 bits per heavy atom. The third kappa shape index (κ3) is 5.03. The van der Waals surface area contributed by atoms with Gasteiger partial charge < -0.3 is 5.32 Å². The first-order valence-electron chi connectivity index (χ1n) is 9.22. The number of aryl methyl sites for hydroxylation is 2. The van der Waals surface area contributed by atoms with Crippen LogP contribution >= 0.6 is 23.1 Å². The van der Waals surface area contributed by atoms with Crippen LogP contribution in [0.4, 0.5) is 5.13 Å². The molecule has 0 fully saturated rings. The van der Waals surface area contributed by atoms with Gasteiger partial charge >= 0.3 is 0 Å². The van der Waals surface area contributed by atoms with Gasteiger partial charge in [0, 0.05) is 28.8 Å². The normalized spacial score (nSPS) is 10.6. The summed E-state index contributed by atoms with van der Waals surface area (Å²) in [5, 5.41) is 15.5. The molecule has 5 nitrogen and oxygen atoms in total. The van der Waals surface area contributed by atoms with Gasteiger partial charge in [0.25, 0.3) is 0 Å². The first-order chi connectivity index (χ1) is 13.9. The van der Waals surface area contributed by atoms with Gasteiger partial charge in [-0.1, -0.05) is 29.8 Å². The molecule has 0 unspecified atom stereocenters. The first-order valence-corrected chi connectivity index (χ1v) is 11.1. The second-order valence-corrected chi connectivity index (χ2v) is 8.73. The fraction of sp³-hybridized carbons (Fsp3) is 0.273. The number of nitrogens with one attached hydrogen (secondary N) is 1. The molecule has 0 aliphatic carbocycles. The van der Waals surface area contributed by atoms with Gasteiger partial charge in [-0.3, -0.25) is 4.79 Å². The fourth-order valence-corrected chi connectivity index (χ4v) is 4.52. The van der Waals surface area contributed by atoms with Crippen molar-refractivity contribution in [3.63, 3.8) is 0 Å². The van der Waals surface area contributed by atoms with E-state index in [1.165, 1.54) is 28.7 Å². The Labute approximate surface area is 179 Å². The van der Waals surface area contributed by atoms with Gasteiger partial charge in [-0.15, -0.1) is 23.1 Å². The number of pyridine rings is 1. The van der Waals surface area contributed by atoms with Crippen molar-refractivity contribution in [3.8, 4) is 17.3 Å². The van der Waals surface area contributed by atoms with Gasteiger partial charge in [0.2, 0.25) is 5.91 Å². The molecule has 0 aliphatic rings. The van der Waals surface area contributed by atoms with Crippen LogP contribution in [0.2, 0.25) is 0 Å². The quantitative estimate of drug-likeness (QED) is 0.536. The standard InChI is InChI=1S/C22H22N4OS2/c1-13-5-7-17(8-6-13)19-12-29-22(25-19)26-20(27)9-10-28-21-18(11-23)15(3)14(2)16(4)24-21/h5-8,12H,9-10H2,1-4H3,(H,25,26,27). The topological polar surface area (TPSA) is 78.7 Å². The van der Waals surface area contributed by atoms with Crippen molar-refractivity contribution in [2.24, 2.45) is 0 Å². The minimum atomic E-state index is -0.0960. The molecule has 148 valence electrons. The van der Waals surface area contributed by atoms with E-state index in [-0.39, 0.29) is 5.91 Å². The Morgan fingerprint density at radius 2 is 1.86 bits per heavy atom. The second-order valence-electron chi connectivity index (χ2n) is 6.79. The first kappa shape index (κ1) is 21.0. The number of thioether (sulfide) groups is 1. The minimum Gasteiger partial charge on any atom is -0.302 e. The smallest absolute Gasteiger partial charge is 0.226 e. The average molecular weight is 423 g/mol. The lowest BCUT2D eigenvalue weighted by Crippen LogP contribution is -2.12. The Hall–Kier alpha value is -2.69. The molecule has 1 aromatic carbocycles. The molecule has 29 heavy (non-hydrogen) atoms. The molecule has 0 spiro atoms. The molecule has 2 aromatic heterocycles. The maximum atomic E-state index is 12.3. The van der Waals surface area contributed by atoms with Crippen molar-refractivity contribution < 1.29 is 4.79 Å². The summed E-state index contributed by atoms with van der Waals surface area (Å²) in [5.74, 6) is 0.451. The molecular weight excluding hydrogens is 400 g/mol. The van der Waals surface area contributed by atoms with Crippen molar-refractivity contribution >= 4 is 34.1 Å². The van der Waals surface area contributed by atoms with Crippen molar-refractivity contribution in [3.05, 3.63) is 57.6 Å². The van der Waals surface area contributed by atoms with Crippen molar-refractivity contribution in [2.75, 3.05) is 11.1 Å². The summed E-state index contributed by atoms with van der Waals surface area (Å²) in [6.45, 7) is 7.89. The Balaban J connectivity index is 1.58. The Bertz CT molecular complexity index is 1080. The number of thiazole rings is 1. The zero-order valence-corrected chi connectivity index (χ0v) is 18.5. The number of hydrogen-bond donors (Lipinski definition) is 1. The summed E-state index contributed by atoms with van der Waals surface area (Å²) >= 11 is 2.85. The molecule has 3 rings (SSSR count). The third-order valence-electron chi connectivity index (χ3n) is 4.74. The average Bonchev–Trinajstić information content (AvgIpc) is 3.15. The highest BCUT2D eigenvalue weighted by molar-refractivity contribution is 7.99. The molecule has 3 aromatic rings. The summed E-state index contributed by atoms with van der Waals surface area (Å²) in [6, 6.07) is 10.4. The largest absolute Gasteiger partial charge is 0.302 e. The van der Waals surface area contributed by atoms with Crippen molar-refractivity contribution in [2.45, 2.75) is 39.1 Å². The Morgan fingerprint density at radius 1 is 1.14 bits per heavy atom. The molecule has 7 heteroatoms. The van der Waals surface area contributed by atoms with Crippen LogP contribution in [-0.4, -0.2) is 21.6 Å². The van der Waals surface area contributed by atoms with Crippen LogP contribution in [-0.2, 0) is 4.79 Å². The van der Waals surface area contributed by atoms with Crippen molar-refractivity contribution in [1.82, 2.24) is 9.97 Å². The Kier molecular flexibility index (Phi) is 6.68. The van der Waals surface area contributed by atoms with E-state index < -0.39 is 0 Å².